The van der Waals surface area contributed by atoms with Crippen molar-refractivity contribution in [2.75, 3.05) is 13.2 Å². The molecule has 2 aliphatic rings. The Morgan fingerprint density at radius 3 is 2.47 bits per heavy atom. The highest BCUT2D eigenvalue weighted by molar-refractivity contribution is 5.91. The molecule has 0 saturated carbocycles. The van der Waals surface area contributed by atoms with Gasteiger partial charge in [0.2, 0.25) is 0 Å². The van der Waals surface area contributed by atoms with Crippen molar-refractivity contribution in [3.05, 3.63) is 106 Å². The summed E-state index contributed by atoms with van der Waals surface area (Å²) in [6.07, 6.45) is 1.47. The maximum atomic E-state index is 14.4. The topological polar surface area (TPSA) is 71.9 Å². The summed E-state index contributed by atoms with van der Waals surface area (Å²) in [5.41, 5.74) is 9.29. The quantitative estimate of drug-likeness (QED) is 0.229. The molecule has 7 heteroatoms. The Labute approximate surface area is 264 Å². The van der Waals surface area contributed by atoms with Gasteiger partial charge in [-0.2, -0.15) is 0 Å². The summed E-state index contributed by atoms with van der Waals surface area (Å²) in [5, 5.41) is 10.5. The predicted octanol–water partition coefficient (Wildman–Crippen LogP) is 8.00. The van der Waals surface area contributed by atoms with E-state index in [1.807, 2.05) is 58.9 Å². The molecule has 2 aliphatic heterocycles. The van der Waals surface area contributed by atoms with Crippen LogP contribution in [0, 0.1) is 19.7 Å². The summed E-state index contributed by atoms with van der Waals surface area (Å²) in [4.78, 5) is 20.1. The first-order valence-electron chi connectivity index (χ1n) is 15.7. The number of ether oxygens (including phenoxy) is 2. The van der Waals surface area contributed by atoms with Crippen molar-refractivity contribution in [3.8, 4) is 28.0 Å². The van der Waals surface area contributed by atoms with Gasteiger partial charge in [-0.05, 0) is 105 Å². The number of aliphatic carboxylic acids is 1. The van der Waals surface area contributed by atoms with Crippen molar-refractivity contribution in [1.82, 2.24) is 9.88 Å². The smallest absolute Gasteiger partial charge is 0.337 e. The Hall–Kier alpha value is -4.07. The van der Waals surface area contributed by atoms with Gasteiger partial charge in [0.15, 0.2) is 6.10 Å². The second-order valence-electron chi connectivity index (χ2n) is 13.2. The fourth-order valence-electron chi connectivity index (χ4n) is 6.71. The molecule has 1 N–H and O–H groups in total. The molecule has 3 aromatic carbocycles. The van der Waals surface area contributed by atoms with Gasteiger partial charge in [-0.3, -0.25) is 9.88 Å². The van der Waals surface area contributed by atoms with Crippen LogP contribution in [0.2, 0.25) is 0 Å². The minimum absolute atomic E-state index is 0.173. The first-order valence-corrected chi connectivity index (χ1v) is 15.7. The third kappa shape index (κ3) is 6.51. The van der Waals surface area contributed by atoms with Gasteiger partial charge in [0.1, 0.15) is 11.6 Å². The fraction of sp³-hybridized carbons (Fsp3) is 0.368. The van der Waals surface area contributed by atoms with Crippen LogP contribution in [0.3, 0.4) is 0 Å². The number of carboxylic acid groups (broad SMARTS) is 1. The average Bonchev–Trinajstić information content (AvgIpc) is 3.00. The zero-order valence-corrected chi connectivity index (χ0v) is 26.7. The minimum Gasteiger partial charge on any atom is -0.493 e. The van der Waals surface area contributed by atoms with Crippen molar-refractivity contribution >= 4 is 5.97 Å². The number of benzene rings is 3. The summed E-state index contributed by atoms with van der Waals surface area (Å²) in [6.45, 7) is 12.3. The van der Waals surface area contributed by atoms with Crippen LogP contribution < -0.4 is 4.74 Å². The Kier molecular flexibility index (Phi) is 8.51. The van der Waals surface area contributed by atoms with Gasteiger partial charge in [0, 0.05) is 47.7 Å². The van der Waals surface area contributed by atoms with E-state index < -0.39 is 17.7 Å². The SMILES string of the molecule is Cc1nc(C)c(C(OC(C)(C)C)C(=O)O)c(-c2ccc3c(c2)CCCO3)c1-c1ccc2c(c1)CCN(Cc1ccccc1F)C2. The number of hydrogen-bond donors (Lipinski definition) is 1. The van der Waals surface area contributed by atoms with Crippen LogP contribution in [0.1, 0.15) is 72.5 Å². The Morgan fingerprint density at radius 1 is 0.978 bits per heavy atom. The van der Waals surface area contributed by atoms with Crippen LogP contribution in [0.15, 0.2) is 60.7 Å². The third-order valence-electron chi connectivity index (χ3n) is 8.70. The molecule has 0 radical (unpaired) electrons. The van der Waals surface area contributed by atoms with Crippen LogP contribution >= 0.6 is 0 Å². The first kappa shape index (κ1) is 30.9. The molecule has 0 spiro atoms. The van der Waals surface area contributed by atoms with Crippen molar-refractivity contribution in [3.63, 3.8) is 0 Å². The van der Waals surface area contributed by atoms with Gasteiger partial charge in [0.05, 0.1) is 12.2 Å². The highest BCUT2D eigenvalue weighted by atomic mass is 19.1. The van der Waals surface area contributed by atoms with Gasteiger partial charge in [-0.25, -0.2) is 9.18 Å². The van der Waals surface area contributed by atoms with E-state index in [1.54, 1.807) is 6.07 Å². The van der Waals surface area contributed by atoms with Crippen molar-refractivity contribution < 1.29 is 23.8 Å². The monoisotopic (exact) mass is 608 g/mol. The summed E-state index contributed by atoms with van der Waals surface area (Å²) < 4.78 is 26.5. The molecule has 1 aromatic heterocycles. The van der Waals surface area contributed by atoms with E-state index in [-0.39, 0.29) is 5.82 Å². The summed E-state index contributed by atoms with van der Waals surface area (Å²) in [6, 6.07) is 19.6. The number of carboxylic acids is 1. The summed E-state index contributed by atoms with van der Waals surface area (Å²) in [7, 11) is 0. The summed E-state index contributed by atoms with van der Waals surface area (Å²) >= 11 is 0. The number of rotatable bonds is 7. The molecule has 0 fully saturated rings. The summed E-state index contributed by atoms with van der Waals surface area (Å²) in [5.74, 6) is -0.342. The molecule has 0 aliphatic carbocycles. The van der Waals surface area contributed by atoms with Crippen LogP contribution in [0.25, 0.3) is 22.3 Å². The Bertz CT molecular complexity index is 1760. The number of aryl methyl sites for hydroxylation is 3. The first-order chi connectivity index (χ1) is 21.5. The molecule has 0 saturated heterocycles. The lowest BCUT2D eigenvalue weighted by Crippen LogP contribution is -2.30. The zero-order chi connectivity index (χ0) is 31.9. The lowest BCUT2D eigenvalue weighted by atomic mass is 9.84. The maximum absolute atomic E-state index is 14.4. The van der Waals surface area contributed by atoms with Crippen molar-refractivity contribution in [2.45, 2.75) is 78.7 Å². The van der Waals surface area contributed by atoms with Gasteiger partial charge < -0.3 is 14.6 Å². The molecular weight excluding hydrogens is 567 g/mol. The molecule has 6 nitrogen and oxygen atoms in total. The number of hydrogen-bond acceptors (Lipinski definition) is 5. The highest BCUT2D eigenvalue weighted by Crippen LogP contribution is 2.44. The Balaban J connectivity index is 1.47. The second-order valence-corrected chi connectivity index (χ2v) is 13.2. The number of fused-ring (bicyclic) bond motifs is 2. The van der Waals surface area contributed by atoms with Crippen LogP contribution in [-0.4, -0.2) is 39.7 Å². The van der Waals surface area contributed by atoms with E-state index in [0.717, 1.165) is 71.6 Å². The highest BCUT2D eigenvalue weighted by Gasteiger charge is 2.34. The van der Waals surface area contributed by atoms with E-state index in [9.17, 15) is 14.3 Å². The van der Waals surface area contributed by atoms with E-state index in [2.05, 4.69) is 29.2 Å². The molecule has 3 heterocycles. The average molecular weight is 609 g/mol. The van der Waals surface area contributed by atoms with Crippen LogP contribution in [0.4, 0.5) is 4.39 Å². The third-order valence-corrected chi connectivity index (χ3v) is 8.70. The standard InChI is InChI=1S/C38H41FN2O4/c1-23-33(27-12-13-29-21-41(17-16-25(29)19-27)22-30-9-6-7-11-31(30)39)35(28-14-15-32-26(20-28)10-8-18-44-32)34(24(2)40-23)36(37(42)43)45-38(3,4)5/h6-7,9,11-15,19-20,36H,8,10,16-18,21-22H2,1-5H3,(H,42,43). The van der Waals surface area contributed by atoms with Gasteiger partial charge in [-0.15, -0.1) is 0 Å². The molecule has 4 aromatic rings. The molecule has 6 rings (SSSR count). The lowest BCUT2D eigenvalue weighted by molar-refractivity contribution is -0.160. The van der Waals surface area contributed by atoms with Crippen LogP contribution in [-0.2, 0) is 35.5 Å². The molecule has 45 heavy (non-hydrogen) atoms. The van der Waals surface area contributed by atoms with Gasteiger partial charge in [-0.1, -0.05) is 42.5 Å². The number of nitrogens with zero attached hydrogens (tertiary/aromatic N) is 2. The van der Waals surface area contributed by atoms with Crippen molar-refractivity contribution in [2.24, 2.45) is 0 Å². The predicted molar refractivity (Wildman–Crippen MR) is 174 cm³/mol. The van der Waals surface area contributed by atoms with Gasteiger partial charge >= 0.3 is 5.97 Å². The second kappa shape index (κ2) is 12.4. The van der Waals surface area contributed by atoms with Crippen molar-refractivity contribution in [1.29, 1.82) is 0 Å². The van der Waals surface area contributed by atoms with E-state index >= 15 is 0 Å². The number of carbonyl (C=O) groups is 1. The number of pyridine rings is 1. The molecule has 1 atom stereocenters. The fourth-order valence-corrected chi connectivity index (χ4v) is 6.71. The Morgan fingerprint density at radius 2 is 1.71 bits per heavy atom. The molecular formula is C38H41FN2O4. The number of halogens is 1. The normalized spacial score (nSPS) is 15.6. The van der Waals surface area contributed by atoms with Gasteiger partial charge in [0.25, 0.3) is 0 Å². The molecule has 0 bridgehead atoms. The molecule has 234 valence electrons. The molecule has 1 unspecified atom stereocenters. The lowest BCUT2D eigenvalue weighted by Gasteiger charge is -2.31. The van der Waals surface area contributed by atoms with Crippen LogP contribution in [0.5, 0.6) is 5.75 Å². The minimum atomic E-state index is -1.20. The molecule has 0 amide bonds. The van der Waals surface area contributed by atoms with E-state index in [0.29, 0.717) is 30.0 Å². The zero-order valence-electron chi connectivity index (χ0n) is 26.7. The van der Waals surface area contributed by atoms with E-state index in [4.69, 9.17) is 14.5 Å². The van der Waals surface area contributed by atoms with E-state index in [1.165, 1.54) is 17.2 Å². The number of aromatic nitrogens is 1. The maximum Gasteiger partial charge on any atom is 0.337 e. The largest absolute Gasteiger partial charge is 0.493 e.